The third-order valence-electron chi connectivity index (χ3n) is 4.19. The number of carbonyl (C=O) groups excluding carboxylic acids is 2. The molecule has 0 aliphatic carbocycles. The molecular formula is C18H15Br2NO3. The number of carbonyl (C=O) groups is 2. The Hall–Kier alpha value is -1.50. The Morgan fingerprint density at radius 3 is 2.38 bits per heavy atom. The Morgan fingerprint density at radius 1 is 1.12 bits per heavy atom. The van der Waals surface area contributed by atoms with Gasteiger partial charge in [0.05, 0.1) is 12.1 Å². The fraction of sp³-hybridized carbons (Fsp3) is 0.222. The Labute approximate surface area is 156 Å². The molecule has 124 valence electrons. The van der Waals surface area contributed by atoms with E-state index in [2.05, 4.69) is 31.9 Å². The molecule has 0 radical (unpaired) electrons. The Kier molecular flexibility index (Phi) is 4.64. The van der Waals surface area contributed by atoms with Crippen LogP contribution in [0.25, 0.3) is 0 Å². The Bertz CT molecular complexity index is 820. The second-order valence-electron chi connectivity index (χ2n) is 5.68. The second kappa shape index (κ2) is 6.43. The quantitative estimate of drug-likeness (QED) is 0.712. The number of Topliss-reactive ketones (excluding diaryl/α,β-unsaturated/α-hetero) is 1. The lowest BCUT2D eigenvalue weighted by atomic mass is 9.88. The van der Waals surface area contributed by atoms with E-state index in [0.29, 0.717) is 23.4 Å². The molecule has 0 saturated carbocycles. The number of anilines is 1. The lowest BCUT2D eigenvalue weighted by Crippen LogP contribution is -2.41. The molecule has 1 aliphatic heterocycles. The summed E-state index contributed by atoms with van der Waals surface area (Å²) in [6, 6.07) is 12.2. The van der Waals surface area contributed by atoms with E-state index < -0.39 is 11.5 Å². The Balaban J connectivity index is 2.00. The first-order valence-corrected chi connectivity index (χ1v) is 9.08. The molecule has 1 atom stereocenters. The van der Waals surface area contributed by atoms with Gasteiger partial charge in [-0.1, -0.05) is 44.0 Å². The highest BCUT2D eigenvalue weighted by Crippen LogP contribution is 2.44. The number of rotatable bonds is 4. The molecule has 0 aromatic heterocycles. The molecule has 1 unspecified atom stereocenters. The molecule has 1 amide bonds. The van der Waals surface area contributed by atoms with Gasteiger partial charge in [-0.2, -0.15) is 0 Å². The molecule has 0 bridgehead atoms. The van der Waals surface area contributed by atoms with Crippen molar-refractivity contribution < 1.29 is 14.7 Å². The Morgan fingerprint density at radius 2 is 1.75 bits per heavy atom. The number of nitrogens with zero attached hydrogens (tertiary/aromatic N) is 1. The number of halogens is 2. The van der Waals surface area contributed by atoms with Crippen LogP contribution < -0.4 is 4.90 Å². The normalized spacial score (nSPS) is 19.5. The molecule has 0 spiro atoms. The van der Waals surface area contributed by atoms with Gasteiger partial charge in [-0.15, -0.1) is 0 Å². The molecule has 1 aliphatic rings. The summed E-state index contributed by atoms with van der Waals surface area (Å²) in [6.07, 6.45) is -0.284. The molecule has 0 fully saturated rings. The van der Waals surface area contributed by atoms with Gasteiger partial charge < -0.3 is 10.0 Å². The zero-order chi connectivity index (χ0) is 17.5. The first kappa shape index (κ1) is 17.3. The van der Waals surface area contributed by atoms with Crippen LogP contribution >= 0.6 is 31.9 Å². The van der Waals surface area contributed by atoms with Crippen molar-refractivity contribution in [3.63, 3.8) is 0 Å². The predicted molar refractivity (Wildman–Crippen MR) is 99.2 cm³/mol. The van der Waals surface area contributed by atoms with Crippen molar-refractivity contribution in [2.45, 2.75) is 18.9 Å². The van der Waals surface area contributed by atoms with Crippen molar-refractivity contribution in [1.29, 1.82) is 0 Å². The van der Waals surface area contributed by atoms with Crippen molar-refractivity contribution in [1.82, 2.24) is 0 Å². The summed E-state index contributed by atoms with van der Waals surface area (Å²) in [5, 5.41) is 11.1. The molecule has 2 aromatic carbocycles. The first-order chi connectivity index (χ1) is 11.4. The van der Waals surface area contributed by atoms with Crippen LogP contribution in [0.4, 0.5) is 5.69 Å². The van der Waals surface area contributed by atoms with E-state index in [1.54, 1.807) is 36.4 Å². The lowest BCUT2D eigenvalue weighted by molar-refractivity contribution is -0.135. The topological polar surface area (TPSA) is 57.6 Å². The molecular weight excluding hydrogens is 438 g/mol. The predicted octanol–water partition coefficient (Wildman–Crippen LogP) is 4.04. The largest absolute Gasteiger partial charge is 0.375 e. The average Bonchev–Trinajstić information content (AvgIpc) is 2.76. The number of aliphatic hydroxyl groups is 1. The monoisotopic (exact) mass is 451 g/mol. The summed E-state index contributed by atoms with van der Waals surface area (Å²) < 4.78 is 1.61. The van der Waals surface area contributed by atoms with Crippen molar-refractivity contribution in [2.24, 2.45) is 0 Å². The van der Waals surface area contributed by atoms with Gasteiger partial charge in [0, 0.05) is 26.6 Å². The molecule has 1 heterocycles. The van der Waals surface area contributed by atoms with E-state index in [9.17, 15) is 14.7 Å². The van der Waals surface area contributed by atoms with Crippen molar-refractivity contribution in [2.75, 3.05) is 11.4 Å². The van der Waals surface area contributed by atoms with Crippen LogP contribution in [0.3, 0.4) is 0 Å². The second-order valence-corrected chi connectivity index (χ2v) is 7.51. The van der Waals surface area contributed by atoms with Crippen LogP contribution in [0, 0.1) is 0 Å². The van der Waals surface area contributed by atoms with E-state index >= 15 is 0 Å². The number of hydrogen-bond acceptors (Lipinski definition) is 3. The van der Waals surface area contributed by atoms with Crippen LogP contribution in [-0.4, -0.2) is 23.3 Å². The molecule has 24 heavy (non-hydrogen) atoms. The minimum absolute atomic E-state index is 0.276. The maximum atomic E-state index is 12.7. The van der Waals surface area contributed by atoms with Crippen LogP contribution in [0.2, 0.25) is 0 Å². The highest BCUT2D eigenvalue weighted by Gasteiger charge is 2.50. The lowest BCUT2D eigenvalue weighted by Gasteiger charge is -2.22. The fourth-order valence-corrected chi connectivity index (χ4v) is 3.60. The summed E-state index contributed by atoms with van der Waals surface area (Å²) in [7, 11) is 0. The average molecular weight is 453 g/mol. The molecule has 3 rings (SSSR count). The van der Waals surface area contributed by atoms with E-state index in [1.165, 1.54) is 4.90 Å². The summed E-state index contributed by atoms with van der Waals surface area (Å²) in [5.74, 6) is -0.731. The van der Waals surface area contributed by atoms with Crippen LogP contribution in [0.5, 0.6) is 0 Å². The standard InChI is InChI=1S/C18H15Br2NO3/c1-2-21-15-8-7-13(20)9-14(15)18(24,17(21)23)10-16(22)11-3-5-12(19)6-4-11/h3-9,24H,2,10H2,1H3. The van der Waals surface area contributed by atoms with Crippen molar-refractivity contribution >= 4 is 49.2 Å². The van der Waals surface area contributed by atoms with Crippen LogP contribution in [0.1, 0.15) is 29.3 Å². The van der Waals surface area contributed by atoms with Crippen LogP contribution in [0.15, 0.2) is 51.4 Å². The third kappa shape index (κ3) is 2.83. The van der Waals surface area contributed by atoms with Gasteiger partial charge in [-0.25, -0.2) is 0 Å². The minimum Gasteiger partial charge on any atom is -0.375 e. The molecule has 4 nitrogen and oxygen atoms in total. The van der Waals surface area contributed by atoms with Crippen LogP contribution in [-0.2, 0) is 10.4 Å². The van der Waals surface area contributed by atoms with Crippen molar-refractivity contribution in [3.05, 3.63) is 62.5 Å². The number of benzene rings is 2. The minimum atomic E-state index is -1.83. The van der Waals surface area contributed by atoms with E-state index in [4.69, 9.17) is 0 Å². The number of ketones is 1. The molecule has 1 N–H and O–H groups in total. The van der Waals surface area contributed by atoms with Crippen molar-refractivity contribution in [3.8, 4) is 0 Å². The zero-order valence-corrected chi connectivity index (χ0v) is 16.1. The third-order valence-corrected chi connectivity index (χ3v) is 5.21. The molecule has 6 heteroatoms. The summed E-state index contributed by atoms with van der Waals surface area (Å²) >= 11 is 6.69. The number of amides is 1. The van der Waals surface area contributed by atoms with E-state index in [1.807, 2.05) is 13.0 Å². The smallest absolute Gasteiger partial charge is 0.264 e. The molecule has 0 saturated heterocycles. The van der Waals surface area contributed by atoms with Gasteiger partial charge in [-0.05, 0) is 37.3 Å². The van der Waals surface area contributed by atoms with E-state index in [0.717, 1.165) is 8.95 Å². The number of fused-ring (bicyclic) bond motifs is 1. The number of hydrogen-bond donors (Lipinski definition) is 1. The van der Waals surface area contributed by atoms with Gasteiger partial charge >= 0.3 is 0 Å². The van der Waals surface area contributed by atoms with Gasteiger partial charge in [0.25, 0.3) is 5.91 Å². The van der Waals surface area contributed by atoms with Gasteiger partial charge in [0.15, 0.2) is 11.4 Å². The summed E-state index contributed by atoms with van der Waals surface area (Å²) in [4.78, 5) is 26.9. The molecule has 2 aromatic rings. The SMILES string of the molecule is CCN1C(=O)C(O)(CC(=O)c2ccc(Br)cc2)c2cc(Br)ccc21. The van der Waals surface area contributed by atoms with E-state index in [-0.39, 0.29) is 12.2 Å². The first-order valence-electron chi connectivity index (χ1n) is 7.50. The van der Waals surface area contributed by atoms with Gasteiger partial charge in [0.1, 0.15) is 0 Å². The van der Waals surface area contributed by atoms with Gasteiger partial charge in [-0.3, -0.25) is 9.59 Å². The summed E-state index contributed by atoms with van der Waals surface area (Å²) in [6.45, 7) is 2.27. The zero-order valence-electron chi connectivity index (χ0n) is 12.9. The fourth-order valence-electron chi connectivity index (χ4n) is 2.98. The highest BCUT2D eigenvalue weighted by molar-refractivity contribution is 9.10. The highest BCUT2D eigenvalue weighted by atomic mass is 79.9. The number of likely N-dealkylation sites (N-methyl/N-ethyl adjacent to an activating group) is 1. The maximum absolute atomic E-state index is 12.7. The summed E-state index contributed by atoms with van der Waals surface area (Å²) in [5.41, 5.74) is -0.254. The van der Waals surface area contributed by atoms with Gasteiger partial charge in [0.2, 0.25) is 0 Å². The maximum Gasteiger partial charge on any atom is 0.264 e.